The first-order valence-electron chi connectivity index (χ1n) is 5.25. The van der Waals surface area contributed by atoms with Gasteiger partial charge in [0.1, 0.15) is 6.10 Å². The van der Waals surface area contributed by atoms with Crippen LogP contribution in [0.15, 0.2) is 30.3 Å². The second-order valence-electron chi connectivity index (χ2n) is 3.75. The number of esters is 1. The molecule has 16 heavy (non-hydrogen) atoms. The molecule has 4 nitrogen and oxygen atoms in total. The van der Waals surface area contributed by atoms with Gasteiger partial charge in [0.25, 0.3) is 0 Å². The molecule has 0 aromatic heterocycles. The molecule has 0 saturated carbocycles. The number of hydrogen-bond donors (Lipinski definition) is 1. The lowest BCUT2D eigenvalue weighted by Crippen LogP contribution is -2.27. The van der Waals surface area contributed by atoms with Crippen LogP contribution in [0.1, 0.15) is 12.0 Å². The number of carbonyl (C=O) groups excluding carboxylic acids is 1. The molecule has 0 radical (unpaired) electrons. The molecular formula is C12H14O4. The van der Waals surface area contributed by atoms with Gasteiger partial charge in [0, 0.05) is 0 Å². The molecule has 1 aromatic rings. The van der Waals surface area contributed by atoms with Crippen molar-refractivity contribution >= 4 is 5.97 Å². The number of benzene rings is 1. The van der Waals surface area contributed by atoms with Gasteiger partial charge in [-0.2, -0.15) is 0 Å². The van der Waals surface area contributed by atoms with Crippen LogP contribution < -0.4 is 0 Å². The largest absolute Gasteiger partial charge is 0.457 e. The van der Waals surface area contributed by atoms with Gasteiger partial charge in [-0.05, 0) is 5.56 Å². The zero-order chi connectivity index (χ0) is 11.4. The van der Waals surface area contributed by atoms with E-state index in [1.807, 2.05) is 30.3 Å². The van der Waals surface area contributed by atoms with Crippen LogP contribution in [0.3, 0.4) is 0 Å². The Bertz CT molecular complexity index is 349. The molecule has 0 amide bonds. The van der Waals surface area contributed by atoms with Crippen molar-refractivity contribution in [3.8, 4) is 0 Å². The third-order valence-corrected chi connectivity index (χ3v) is 2.55. The first kappa shape index (κ1) is 11.1. The van der Waals surface area contributed by atoms with E-state index < -0.39 is 6.10 Å². The highest BCUT2D eigenvalue weighted by Crippen LogP contribution is 2.19. The number of cyclic esters (lactones) is 1. The Morgan fingerprint density at radius 1 is 1.38 bits per heavy atom. The molecule has 1 aliphatic heterocycles. The van der Waals surface area contributed by atoms with Crippen molar-refractivity contribution in [2.24, 2.45) is 0 Å². The predicted molar refractivity (Wildman–Crippen MR) is 56.6 cm³/mol. The maximum Gasteiger partial charge on any atom is 0.309 e. The first-order chi connectivity index (χ1) is 7.79. The van der Waals surface area contributed by atoms with E-state index in [9.17, 15) is 4.79 Å². The summed E-state index contributed by atoms with van der Waals surface area (Å²) in [5.41, 5.74) is 1.04. The van der Waals surface area contributed by atoms with Gasteiger partial charge in [-0.25, -0.2) is 0 Å². The third kappa shape index (κ3) is 2.59. The minimum absolute atomic E-state index is 0.189. The van der Waals surface area contributed by atoms with Crippen molar-refractivity contribution in [2.45, 2.75) is 25.2 Å². The summed E-state index contributed by atoms with van der Waals surface area (Å²) in [4.78, 5) is 11.0. The molecule has 0 aliphatic carbocycles. The molecule has 0 spiro atoms. The van der Waals surface area contributed by atoms with Crippen LogP contribution in [0.4, 0.5) is 0 Å². The first-order valence-corrected chi connectivity index (χ1v) is 5.25. The van der Waals surface area contributed by atoms with Crippen LogP contribution in [0, 0.1) is 0 Å². The highest BCUT2D eigenvalue weighted by Gasteiger charge is 2.34. The molecule has 1 fully saturated rings. The smallest absolute Gasteiger partial charge is 0.309 e. The second-order valence-corrected chi connectivity index (χ2v) is 3.75. The number of ether oxygens (including phenoxy) is 2. The summed E-state index contributed by atoms with van der Waals surface area (Å²) in [6.07, 6.45) is -0.633. The number of rotatable bonds is 4. The molecular weight excluding hydrogens is 208 g/mol. The van der Waals surface area contributed by atoms with Gasteiger partial charge in [0.2, 0.25) is 0 Å². The normalized spacial score (nSPS) is 24.4. The molecule has 4 heteroatoms. The van der Waals surface area contributed by atoms with E-state index in [1.54, 1.807) is 0 Å². The maximum absolute atomic E-state index is 11.0. The Morgan fingerprint density at radius 2 is 2.12 bits per heavy atom. The van der Waals surface area contributed by atoms with Crippen molar-refractivity contribution in [1.82, 2.24) is 0 Å². The average molecular weight is 222 g/mol. The molecule has 2 rings (SSSR count). The average Bonchev–Trinajstić information content (AvgIpc) is 2.68. The fraction of sp³-hybridized carbons (Fsp3) is 0.417. The summed E-state index contributed by atoms with van der Waals surface area (Å²) in [6.45, 7) is 0.240. The van der Waals surface area contributed by atoms with Crippen LogP contribution >= 0.6 is 0 Å². The summed E-state index contributed by atoms with van der Waals surface area (Å²) >= 11 is 0. The minimum Gasteiger partial charge on any atom is -0.457 e. The lowest BCUT2D eigenvalue weighted by Gasteiger charge is -2.15. The highest BCUT2D eigenvalue weighted by atomic mass is 16.6. The predicted octanol–water partition coefficient (Wildman–Crippen LogP) is 0.880. The van der Waals surface area contributed by atoms with Gasteiger partial charge >= 0.3 is 5.97 Å². The van der Waals surface area contributed by atoms with Crippen molar-refractivity contribution in [3.05, 3.63) is 35.9 Å². The number of aliphatic hydroxyl groups is 1. The number of hydrogen-bond acceptors (Lipinski definition) is 4. The molecule has 1 aromatic carbocycles. The quantitative estimate of drug-likeness (QED) is 0.768. The Labute approximate surface area is 93.8 Å². The highest BCUT2D eigenvalue weighted by molar-refractivity contribution is 5.72. The lowest BCUT2D eigenvalue weighted by molar-refractivity contribution is -0.143. The second kappa shape index (κ2) is 5.09. The Kier molecular flexibility index (Phi) is 3.54. The van der Waals surface area contributed by atoms with Crippen molar-refractivity contribution in [1.29, 1.82) is 0 Å². The van der Waals surface area contributed by atoms with Crippen LogP contribution in [0.2, 0.25) is 0 Å². The minimum atomic E-state index is -0.517. The van der Waals surface area contributed by atoms with Crippen LogP contribution in [-0.4, -0.2) is 29.9 Å². The van der Waals surface area contributed by atoms with Gasteiger partial charge in [0.15, 0.2) is 6.10 Å². The SMILES string of the molecule is O=C1C[C@H](OCc2ccccc2)[C@H](CO)O1. The Balaban J connectivity index is 1.88. The molecule has 0 bridgehead atoms. The van der Waals surface area contributed by atoms with Gasteiger partial charge in [-0.3, -0.25) is 4.79 Å². The van der Waals surface area contributed by atoms with Crippen molar-refractivity contribution in [3.63, 3.8) is 0 Å². The van der Waals surface area contributed by atoms with Crippen molar-refractivity contribution < 1.29 is 19.4 Å². The molecule has 1 heterocycles. The summed E-state index contributed by atoms with van der Waals surface area (Å²) in [6, 6.07) is 9.69. The summed E-state index contributed by atoms with van der Waals surface area (Å²) in [5.74, 6) is -0.308. The van der Waals surface area contributed by atoms with Crippen LogP contribution in [0.5, 0.6) is 0 Å². The summed E-state index contributed by atoms with van der Waals surface area (Å²) in [7, 11) is 0. The molecule has 2 atom stereocenters. The molecule has 0 unspecified atom stereocenters. The summed E-state index contributed by atoms with van der Waals surface area (Å²) < 4.78 is 10.5. The third-order valence-electron chi connectivity index (χ3n) is 2.55. The van der Waals surface area contributed by atoms with Crippen molar-refractivity contribution in [2.75, 3.05) is 6.61 Å². The molecule has 1 saturated heterocycles. The maximum atomic E-state index is 11.0. The van der Waals surface area contributed by atoms with Gasteiger partial charge in [-0.1, -0.05) is 30.3 Å². The van der Waals surface area contributed by atoms with E-state index in [0.717, 1.165) is 5.56 Å². The van der Waals surface area contributed by atoms with Gasteiger partial charge in [-0.15, -0.1) is 0 Å². The molecule has 86 valence electrons. The fourth-order valence-corrected chi connectivity index (χ4v) is 1.69. The summed E-state index contributed by atoms with van der Waals surface area (Å²) in [5, 5.41) is 8.99. The Morgan fingerprint density at radius 3 is 2.81 bits per heavy atom. The Hall–Kier alpha value is -1.39. The van der Waals surface area contributed by atoms with E-state index in [4.69, 9.17) is 14.6 Å². The van der Waals surface area contributed by atoms with E-state index in [2.05, 4.69) is 0 Å². The van der Waals surface area contributed by atoms with Crippen LogP contribution in [0.25, 0.3) is 0 Å². The zero-order valence-electron chi connectivity index (χ0n) is 8.83. The van der Waals surface area contributed by atoms with E-state index >= 15 is 0 Å². The molecule has 1 aliphatic rings. The van der Waals surface area contributed by atoms with Crippen LogP contribution in [-0.2, 0) is 20.9 Å². The number of aliphatic hydroxyl groups excluding tert-OH is 1. The lowest BCUT2D eigenvalue weighted by atomic mass is 10.2. The zero-order valence-corrected chi connectivity index (χ0v) is 8.83. The van der Waals surface area contributed by atoms with E-state index in [0.29, 0.717) is 6.61 Å². The van der Waals surface area contributed by atoms with Gasteiger partial charge in [0.05, 0.1) is 19.6 Å². The monoisotopic (exact) mass is 222 g/mol. The molecule has 1 N–H and O–H groups in total. The fourth-order valence-electron chi connectivity index (χ4n) is 1.69. The number of carbonyl (C=O) groups is 1. The van der Waals surface area contributed by atoms with E-state index in [-0.39, 0.29) is 25.1 Å². The van der Waals surface area contributed by atoms with Gasteiger partial charge < -0.3 is 14.6 Å². The standard InChI is InChI=1S/C12H14O4/c13-7-11-10(6-12(14)16-11)15-8-9-4-2-1-3-5-9/h1-5,10-11,13H,6-8H2/t10-,11-/m0/s1. The topological polar surface area (TPSA) is 55.8 Å². The van der Waals surface area contributed by atoms with E-state index in [1.165, 1.54) is 0 Å².